The molecule has 0 saturated carbocycles. The third kappa shape index (κ3) is 4.59. The van der Waals surface area contributed by atoms with E-state index in [1.807, 2.05) is 0 Å². The molecule has 2 fully saturated rings. The molecule has 2 aliphatic heterocycles. The number of hydrogen-bond donors (Lipinski definition) is 0. The van der Waals surface area contributed by atoms with Crippen molar-refractivity contribution >= 4 is 7.12 Å². The van der Waals surface area contributed by atoms with Crippen LogP contribution in [0.3, 0.4) is 0 Å². The Morgan fingerprint density at radius 2 is 1.59 bits per heavy atom. The molecular weight excluding hydrogens is 335 g/mol. The lowest BCUT2D eigenvalue weighted by atomic mass is 9.64. The maximum atomic E-state index is 6.34. The van der Waals surface area contributed by atoms with Crippen molar-refractivity contribution < 1.29 is 9.31 Å². The van der Waals surface area contributed by atoms with E-state index in [1.165, 1.54) is 30.6 Å². The first-order chi connectivity index (χ1) is 12.5. The molecule has 5 heteroatoms. The van der Waals surface area contributed by atoms with Gasteiger partial charge in [0.25, 0.3) is 0 Å². The fraction of sp³-hybridized carbons (Fsp3) is 0.727. The summed E-state index contributed by atoms with van der Waals surface area (Å²) in [4.78, 5) is 5.00. The zero-order valence-corrected chi connectivity index (χ0v) is 18.3. The van der Waals surface area contributed by atoms with Gasteiger partial charge in [-0.2, -0.15) is 0 Å². The molecule has 0 atom stereocenters. The Morgan fingerprint density at radius 1 is 0.926 bits per heavy atom. The Hall–Kier alpha value is -0.875. The molecule has 4 nitrogen and oxygen atoms in total. The molecule has 0 aromatic rings. The fourth-order valence-electron chi connectivity index (χ4n) is 3.85. The molecule has 0 aromatic carbocycles. The van der Waals surface area contributed by atoms with Crippen LogP contribution in [-0.2, 0) is 9.31 Å². The number of nitrogens with zero attached hydrogens (tertiary/aromatic N) is 2. The average Bonchev–Trinajstić information content (AvgIpc) is 2.72. The summed E-state index contributed by atoms with van der Waals surface area (Å²) >= 11 is 0. The van der Waals surface area contributed by atoms with Gasteiger partial charge < -0.3 is 14.2 Å². The summed E-state index contributed by atoms with van der Waals surface area (Å²) in [5.41, 5.74) is 1.84. The van der Waals surface area contributed by atoms with Gasteiger partial charge in [0.1, 0.15) is 0 Å². The van der Waals surface area contributed by atoms with Gasteiger partial charge in [-0.15, -0.1) is 0 Å². The lowest BCUT2D eigenvalue weighted by Gasteiger charge is -2.32. The van der Waals surface area contributed by atoms with Crippen LogP contribution in [0.5, 0.6) is 0 Å². The number of likely N-dealkylation sites (N-methyl/N-ethyl adjacent to an activating group) is 1. The molecule has 3 aliphatic rings. The largest absolute Gasteiger partial charge is 0.491 e. The Morgan fingerprint density at radius 3 is 2.26 bits per heavy atom. The molecule has 0 unspecified atom stereocenters. The molecule has 150 valence electrons. The topological polar surface area (TPSA) is 24.9 Å². The van der Waals surface area contributed by atoms with E-state index in [1.54, 1.807) is 0 Å². The lowest BCUT2D eigenvalue weighted by Crippen LogP contribution is -2.41. The van der Waals surface area contributed by atoms with Crippen LogP contribution in [0.25, 0.3) is 0 Å². The van der Waals surface area contributed by atoms with Gasteiger partial charge in [0.15, 0.2) is 0 Å². The van der Waals surface area contributed by atoms with Gasteiger partial charge in [-0.3, -0.25) is 4.90 Å². The second-order valence-corrected chi connectivity index (χ2v) is 9.94. The second-order valence-electron chi connectivity index (χ2n) is 9.94. The predicted molar refractivity (Wildman–Crippen MR) is 114 cm³/mol. The molecule has 0 amide bonds. The first-order valence-electron chi connectivity index (χ1n) is 10.4. The number of rotatable bonds is 3. The molecule has 3 rings (SSSR count). The van der Waals surface area contributed by atoms with E-state index in [9.17, 15) is 0 Å². The van der Waals surface area contributed by atoms with Crippen molar-refractivity contribution in [2.45, 2.75) is 59.2 Å². The van der Waals surface area contributed by atoms with Gasteiger partial charge in [0, 0.05) is 25.0 Å². The maximum absolute atomic E-state index is 6.34. The normalized spacial score (nSPS) is 28.5. The van der Waals surface area contributed by atoms with E-state index in [0.717, 1.165) is 19.6 Å². The summed E-state index contributed by atoms with van der Waals surface area (Å²) in [7, 11) is 1.92. The smallest absolute Gasteiger partial charge is 0.400 e. The van der Waals surface area contributed by atoms with Crippen molar-refractivity contribution in [2.24, 2.45) is 5.41 Å². The van der Waals surface area contributed by atoms with Gasteiger partial charge in [-0.25, -0.2) is 0 Å². The lowest BCUT2D eigenvalue weighted by molar-refractivity contribution is 0.00578. The summed E-state index contributed by atoms with van der Waals surface area (Å²) in [6.07, 6.45) is 10.4. The highest BCUT2D eigenvalue weighted by atomic mass is 16.7. The Kier molecular flexibility index (Phi) is 5.80. The van der Waals surface area contributed by atoms with Crippen molar-refractivity contribution in [3.63, 3.8) is 0 Å². The molecular formula is C22H37BN2O2. The third-order valence-electron chi connectivity index (χ3n) is 6.66. The van der Waals surface area contributed by atoms with E-state index >= 15 is 0 Å². The minimum Gasteiger partial charge on any atom is -0.400 e. The maximum Gasteiger partial charge on any atom is 0.491 e. The third-order valence-corrected chi connectivity index (χ3v) is 6.66. The summed E-state index contributed by atoms with van der Waals surface area (Å²) in [5.74, 6) is 0. The number of hydrogen-bond acceptors (Lipinski definition) is 4. The summed E-state index contributed by atoms with van der Waals surface area (Å²) in [6, 6.07) is 0. The molecule has 27 heavy (non-hydrogen) atoms. The van der Waals surface area contributed by atoms with Crippen molar-refractivity contribution in [2.75, 3.05) is 39.8 Å². The van der Waals surface area contributed by atoms with Crippen molar-refractivity contribution in [1.29, 1.82) is 0 Å². The number of allylic oxidation sites excluding steroid dienone is 4. The van der Waals surface area contributed by atoms with Crippen molar-refractivity contribution in [1.82, 2.24) is 9.80 Å². The van der Waals surface area contributed by atoms with Crippen LogP contribution in [0.2, 0.25) is 0 Å². The first kappa shape index (κ1) is 20.8. The van der Waals surface area contributed by atoms with Crippen LogP contribution in [0.4, 0.5) is 0 Å². The molecule has 0 N–H and O–H groups in total. The van der Waals surface area contributed by atoms with E-state index in [4.69, 9.17) is 9.31 Å². The minimum atomic E-state index is -0.310. The van der Waals surface area contributed by atoms with Gasteiger partial charge in [-0.1, -0.05) is 38.2 Å². The zero-order valence-electron chi connectivity index (χ0n) is 18.3. The molecule has 2 saturated heterocycles. The Balaban J connectivity index is 1.77. The molecule has 0 radical (unpaired) electrons. The van der Waals surface area contributed by atoms with Crippen LogP contribution in [0, 0.1) is 5.41 Å². The van der Waals surface area contributed by atoms with Gasteiger partial charge >= 0.3 is 7.12 Å². The van der Waals surface area contributed by atoms with E-state index < -0.39 is 0 Å². The highest BCUT2D eigenvalue weighted by molar-refractivity contribution is 6.55. The molecule has 0 spiro atoms. The first-order valence-corrected chi connectivity index (χ1v) is 10.4. The van der Waals surface area contributed by atoms with E-state index in [2.05, 4.69) is 82.7 Å². The van der Waals surface area contributed by atoms with Gasteiger partial charge in [0.2, 0.25) is 0 Å². The Labute approximate surface area is 166 Å². The fourth-order valence-corrected chi connectivity index (χ4v) is 3.85. The summed E-state index contributed by atoms with van der Waals surface area (Å²) in [6.45, 7) is 18.6. The van der Waals surface area contributed by atoms with E-state index in [0.29, 0.717) is 0 Å². The van der Waals surface area contributed by atoms with Crippen LogP contribution < -0.4 is 0 Å². The molecule has 1 aliphatic carbocycles. The second kappa shape index (κ2) is 7.51. The summed E-state index contributed by atoms with van der Waals surface area (Å²) < 4.78 is 12.7. The molecule has 0 aromatic heterocycles. The standard InChI is InChI=1S/C22H37BN2O2/c1-20(2)12-11-18(17-25-14-8-13-24(7)15-16-25)9-10-19(20)23-26-21(3,4)22(5,6)27-23/h9-12H,8,13-17H2,1-7H3. The highest BCUT2D eigenvalue weighted by Gasteiger charge is 2.54. The monoisotopic (exact) mass is 372 g/mol. The van der Waals surface area contributed by atoms with E-state index in [-0.39, 0.29) is 23.7 Å². The SMILES string of the molecule is CN1CCCN(CC2=CC=C(B3OC(C)(C)C(C)(C)O3)C(C)(C)C=C2)CC1. The van der Waals surface area contributed by atoms with Crippen LogP contribution >= 0.6 is 0 Å². The van der Waals surface area contributed by atoms with Crippen LogP contribution in [0.1, 0.15) is 48.0 Å². The van der Waals surface area contributed by atoms with Crippen LogP contribution in [-0.4, -0.2) is 67.9 Å². The van der Waals surface area contributed by atoms with Crippen molar-refractivity contribution in [3.8, 4) is 0 Å². The summed E-state index contributed by atoms with van der Waals surface area (Å²) in [5, 5.41) is 0. The minimum absolute atomic E-state index is 0.0988. The zero-order chi connectivity index (χ0) is 19.9. The molecule has 0 bridgehead atoms. The van der Waals surface area contributed by atoms with Gasteiger partial charge in [0.05, 0.1) is 11.2 Å². The van der Waals surface area contributed by atoms with Crippen LogP contribution in [0.15, 0.2) is 35.3 Å². The highest BCUT2D eigenvalue weighted by Crippen LogP contribution is 2.43. The Bertz CT molecular complexity index is 633. The van der Waals surface area contributed by atoms with Crippen molar-refractivity contribution in [3.05, 3.63) is 35.3 Å². The predicted octanol–water partition coefficient (Wildman–Crippen LogP) is 3.70. The van der Waals surface area contributed by atoms with Gasteiger partial charge in [-0.05, 0) is 65.3 Å². The average molecular weight is 372 g/mol. The molecule has 2 heterocycles. The quantitative estimate of drug-likeness (QED) is 0.706.